The highest BCUT2D eigenvalue weighted by Crippen LogP contribution is 2.43. The number of thiophene rings is 1. The van der Waals surface area contributed by atoms with E-state index < -0.39 is 0 Å². The zero-order valence-electron chi connectivity index (χ0n) is 19.0. The van der Waals surface area contributed by atoms with Crippen molar-refractivity contribution in [3.8, 4) is 0 Å². The van der Waals surface area contributed by atoms with Gasteiger partial charge in [-0.05, 0) is 30.9 Å². The Morgan fingerprint density at radius 2 is 2.03 bits per heavy atom. The first-order chi connectivity index (χ1) is 16.1. The van der Waals surface area contributed by atoms with Gasteiger partial charge in [-0.3, -0.25) is 4.79 Å². The van der Waals surface area contributed by atoms with Gasteiger partial charge >= 0.3 is 0 Å². The minimum atomic E-state index is 0.0530. The van der Waals surface area contributed by atoms with Crippen molar-refractivity contribution in [2.75, 3.05) is 43.9 Å². The summed E-state index contributed by atoms with van der Waals surface area (Å²) in [5.74, 6) is 2.46. The van der Waals surface area contributed by atoms with Crippen molar-refractivity contribution in [2.45, 2.75) is 37.6 Å². The van der Waals surface area contributed by atoms with Crippen molar-refractivity contribution in [1.82, 2.24) is 25.2 Å². The third kappa shape index (κ3) is 3.73. The number of carbonyl (C=O) groups excluding carboxylic acids is 1. The van der Waals surface area contributed by atoms with Crippen LogP contribution in [0, 0.1) is 5.92 Å². The van der Waals surface area contributed by atoms with E-state index >= 15 is 0 Å². The molecule has 3 aliphatic rings. The second kappa shape index (κ2) is 8.22. The van der Waals surface area contributed by atoms with Crippen molar-refractivity contribution in [2.24, 2.45) is 5.92 Å². The lowest BCUT2D eigenvalue weighted by molar-refractivity contribution is 0.0831. The van der Waals surface area contributed by atoms with Crippen LogP contribution in [0.4, 0.5) is 17.5 Å². The van der Waals surface area contributed by atoms with E-state index in [0.29, 0.717) is 17.9 Å². The molecule has 2 aliphatic heterocycles. The minimum Gasteiger partial charge on any atom is -0.368 e. The summed E-state index contributed by atoms with van der Waals surface area (Å²) in [7, 11) is 3.62. The lowest BCUT2D eigenvalue weighted by Crippen LogP contribution is -2.51. The molecule has 1 aliphatic carbocycles. The Hall–Kier alpha value is -2.78. The lowest BCUT2D eigenvalue weighted by Gasteiger charge is -2.29. The van der Waals surface area contributed by atoms with Crippen LogP contribution in [-0.4, -0.2) is 65.5 Å². The maximum Gasteiger partial charge on any atom is 0.263 e. The number of fused-ring (bicyclic) bond motifs is 2. The van der Waals surface area contributed by atoms with Crippen LogP contribution in [0.25, 0.3) is 10.2 Å². The van der Waals surface area contributed by atoms with E-state index in [1.54, 1.807) is 4.90 Å². The highest BCUT2D eigenvalue weighted by molar-refractivity contribution is 7.21. The molecule has 8 nitrogen and oxygen atoms in total. The Morgan fingerprint density at radius 1 is 1.18 bits per heavy atom. The first-order valence-corrected chi connectivity index (χ1v) is 12.6. The van der Waals surface area contributed by atoms with E-state index in [1.807, 2.05) is 32.6 Å². The molecule has 3 aromatic rings. The van der Waals surface area contributed by atoms with Gasteiger partial charge in [-0.1, -0.05) is 12.8 Å². The van der Waals surface area contributed by atoms with E-state index in [2.05, 4.69) is 31.6 Å². The van der Waals surface area contributed by atoms with Gasteiger partial charge in [-0.2, -0.15) is 0 Å². The second-order valence-corrected chi connectivity index (χ2v) is 10.7. The zero-order valence-corrected chi connectivity index (χ0v) is 19.9. The SMILES string of the molecule is CN(C)C(=O)c1sc2cnc(Nc3ccc(N4CC5CNC5C4)cn3)nc2c1C1CCCC1. The molecule has 0 bridgehead atoms. The van der Waals surface area contributed by atoms with Gasteiger partial charge in [0.1, 0.15) is 5.82 Å². The Bertz CT molecular complexity index is 1170. The van der Waals surface area contributed by atoms with Crippen molar-refractivity contribution in [3.05, 3.63) is 35.0 Å². The molecule has 1 saturated carbocycles. The number of carbonyl (C=O) groups is 1. The quantitative estimate of drug-likeness (QED) is 0.598. The summed E-state index contributed by atoms with van der Waals surface area (Å²) in [5, 5.41) is 6.76. The fraction of sp³-hybridized carbons (Fsp3) is 0.500. The molecule has 2 atom stereocenters. The lowest BCUT2D eigenvalue weighted by atomic mass is 9.96. The number of hydrogen-bond donors (Lipinski definition) is 2. The highest BCUT2D eigenvalue weighted by Gasteiger charge is 2.39. The smallest absolute Gasteiger partial charge is 0.263 e. The van der Waals surface area contributed by atoms with Crippen LogP contribution < -0.4 is 15.5 Å². The van der Waals surface area contributed by atoms with Gasteiger partial charge in [0.25, 0.3) is 5.91 Å². The largest absolute Gasteiger partial charge is 0.368 e. The summed E-state index contributed by atoms with van der Waals surface area (Å²) >= 11 is 1.51. The molecule has 6 rings (SSSR count). The fourth-order valence-electron chi connectivity index (χ4n) is 5.35. The molecule has 33 heavy (non-hydrogen) atoms. The van der Waals surface area contributed by atoms with Crippen molar-refractivity contribution in [1.29, 1.82) is 0 Å². The molecule has 2 saturated heterocycles. The summed E-state index contributed by atoms with van der Waals surface area (Å²) in [5.41, 5.74) is 3.17. The first-order valence-electron chi connectivity index (χ1n) is 11.8. The minimum absolute atomic E-state index is 0.0530. The van der Waals surface area contributed by atoms with Crippen LogP contribution in [0.1, 0.15) is 46.8 Å². The Balaban J connectivity index is 1.27. The Morgan fingerprint density at radius 3 is 2.67 bits per heavy atom. The number of aromatic nitrogens is 3. The highest BCUT2D eigenvalue weighted by atomic mass is 32.1. The maximum absolute atomic E-state index is 12.9. The summed E-state index contributed by atoms with van der Waals surface area (Å²) < 4.78 is 0.966. The number of amides is 1. The summed E-state index contributed by atoms with van der Waals surface area (Å²) in [6.07, 6.45) is 8.40. The van der Waals surface area contributed by atoms with Gasteiger partial charge in [-0.15, -0.1) is 11.3 Å². The maximum atomic E-state index is 12.9. The second-order valence-electron chi connectivity index (χ2n) is 9.64. The van der Waals surface area contributed by atoms with Gasteiger partial charge in [-0.25, -0.2) is 15.0 Å². The Labute approximate surface area is 197 Å². The van der Waals surface area contributed by atoms with Gasteiger partial charge in [0.2, 0.25) is 5.95 Å². The summed E-state index contributed by atoms with van der Waals surface area (Å²) in [4.78, 5) is 31.8. The van der Waals surface area contributed by atoms with Crippen LogP contribution in [0.2, 0.25) is 0 Å². The number of hydrogen-bond acceptors (Lipinski definition) is 8. The molecular weight excluding hydrogens is 434 g/mol. The van der Waals surface area contributed by atoms with E-state index in [0.717, 1.165) is 70.6 Å². The normalized spacial score (nSPS) is 22.4. The molecule has 0 spiro atoms. The first kappa shape index (κ1) is 20.8. The topological polar surface area (TPSA) is 86.3 Å². The molecule has 172 valence electrons. The predicted molar refractivity (Wildman–Crippen MR) is 132 cm³/mol. The molecule has 3 aromatic heterocycles. The zero-order chi connectivity index (χ0) is 22.5. The molecular formula is C24H29N7OS. The van der Waals surface area contributed by atoms with E-state index in [9.17, 15) is 4.79 Å². The fourth-order valence-corrected chi connectivity index (χ4v) is 6.57. The van der Waals surface area contributed by atoms with Crippen LogP contribution in [0.5, 0.6) is 0 Å². The Kier molecular flexibility index (Phi) is 5.18. The molecule has 2 N–H and O–H groups in total. The number of anilines is 3. The molecule has 9 heteroatoms. The van der Waals surface area contributed by atoms with Crippen molar-refractivity contribution >= 4 is 44.9 Å². The van der Waals surface area contributed by atoms with E-state index in [1.165, 1.54) is 24.2 Å². The standard InChI is InChI=1S/C24H29N7OS/c1-30(2)23(32)22-20(14-5-3-4-6-14)21-18(33-22)11-27-24(29-21)28-19-8-7-16(10-26-19)31-12-15-9-25-17(15)13-31/h7-8,10-11,14-15,17,25H,3-6,9,12-13H2,1-2H3,(H,26,27,28,29). The van der Waals surface area contributed by atoms with Gasteiger partial charge in [0, 0.05) is 51.3 Å². The average Bonchev–Trinajstić information content (AvgIpc) is 3.51. The van der Waals surface area contributed by atoms with Crippen LogP contribution in [0.15, 0.2) is 24.5 Å². The monoisotopic (exact) mass is 463 g/mol. The van der Waals surface area contributed by atoms with Crippen LogP contribution in [0.3, 0.4) is 0 Å². The number of pyridine rings is 1. The predicted octanol–water partition coefficient (Wildman–Crippen LogP) is 3.60. The average molecular weight is 464 g/mol. The van der Waals surface area contributed by atoms with Gasteiger partial charge in [0.15, 0.2) is 0 Å². The van der Waals surface area contributed by atoms with E-state index in [-0.39, 0.29) is 5.91 Å². The van der Waals surface area contributed by atoms with Crippen LogP contribution in [-0.2, 0) is 0 Å². The van der Waals surface area contributed by atoms with Gasteiger partial charge < -0.3 is 20.4 Å². The number of nitrogens with zero attached hydrogens (tertiary/aromatic N) is 5. The summed E-state index contributed by atoms with van der Waals surface area (Å²) in [6, 6.07) is 4.73. The van der Waals surface area contributed by atoms with Gasteiger partial charge in [0.05, 0.1) is 33.2 Å². The molecule has 0 radical (unpaired) electrons. The third-order valence-corrected chi connectivity index (χ3v) is 8.38. The molecule has 2 unspecified atom stereocenters. The summed E-state index contributed by atoms with van der Waals surface area (Å²) in [6.45, 7) is 3.28. The van der Waals surface area contributed by atoms with E-state index in [4.69, 9.17) is 4.98 Å². The van der Waals surface area contributed by atoms with Crippen LogP contribution >= 0.6 is 11.3 Å². The van der Waals surface area contributed by atoms with Crippen molar-refractivity contribution in [3.63, 3.8) is 0 Å². The molecule has 0 aromatic carbocycles. The number of rotatable bonds is 5. The molecule has 5 heterocycles. The molecule has 3 fully saturated rings. The third-order valence-electron chi connectivity index (χ3n) is 7.27. The molecule has 1 amide bonds. The number of nitrogens with one attached hydrogen (secondary N) is 2. The van der Waals surface area contributed by atoms with Crippen molar-refractivity contribution < 1.29 is 4.79 Å².